The van der Waals surface area contributed by atoms with E-state index in [9.17, 15) is 14.4 Å². The average Bonchev–Trinajstić information content (AvgIpc) is 2.35. The highest BCUT2D eigenvalue weighted by Gasteiger charge is 2.26. The zero-order chi connectivity index (χ0) is 16.0. The molecule has 0 aliphatic carbocycles. The molecule has 0 saturated heterocycles. The van der Waals surface area contributed by atoms with E-state index < -0.39 is 30.1 Å². The van der Waals surface area contributed by atoms with Gasteiger partial charge in [-0.05, 0) is 26.0 Å². The van der Waals surface area contributed by atoms with Gasteiger partial charge in [-0.2, -0.15) is 0 Å². The minimum atomic E-state index is -1.19. The second kappa shape index (κ2) is 6.60. The first-order chi connectivity index (χ1) is 9.70. The van der Waals surface area contributed by atoms with Crippen molar-refractivity contribution in [1.29, 1.82) is 0 Å². The van der Waals surface area contributed by atoms with Crippen LogP contribution < -0.4 is 21.1 Å². The molecule has 3 amide bonds. The highest BCUT2D eigenvalue weighted by molar-refractivity contribution is 5.95. The number of urea groups is 1. The number of benzene rings is 1. The molecule has 1 aromatic rings. The molecule has 8 nitrogen and oxygen atoms in total. The smallest absolute Gasteiger partial charge is 0.341 e. The summed E-state index contributed by atoms with van der Waals surface area (Å²) in [5, 5.41) is 13.4. The molecule has 0 aliphatic heterocycles. The van der Waals surface area contributed by atoms with Crippen molar-refractivity contribution in [1.82, 2.24) is 5.32 Å². The number of carboxylic acid groups (broad SMARTS) is 1. The van der Waals surface area contributed by atoms with Crippen molar-refractivity contribution in [3.05, 3.63) is 24.3 Å². The summed E-state index contributed by atoms with van der Waals surface area (Å²) >= 11 is 0. The van der Waals surface area contributed by atoms with Crippen LogP contribution in [0.25, 0.3) is 0 Å². The largest absolute Gasteiger partial charge is 0.482 e. The third-order valence-corrected chi connectivity index (χ3v) is 2.50. The Bertz CT molecular complexity index is 556. The zero-order valence-electron chi connectivity index (χ0n) is 11.7. The summed E-state index contributed by atoms with van der Waals surface area (Å²) in [7, 11) is 0. The Morgan fingerprint density at radius 1 is 1.33 bits per heavy atom. The first kappa shape index (κ1) is 16.3. The normalized spacial score (nSPS) is 10.6. The van der Waals surface area contributed by atoms with Crippen molar-refractivity contribution < 1.29 is 24.2 Å². The Balaban J connectivity index is 2.66. The number of hydrogen-bond acceptors (Lipinski definition) is 4. The van der Waals surface area contributed by atoms with Gasteiger partial charge in [0.2, 0.25) is 5.91 Å². The Kier molecular flexibility index (Phi) is 5.12. The van der Waals surface area contributed by atoms with E-state index in [0.29, 0.717) is 11.4 Å². The van der Waals surface area contributed by atoms with E-state index in [0.717, 1.165) is 0 Å². The van der Waals surface area contributed by atoms with Gasteiger partial charge in [-0.1, -0.05) is 6.07 Å². The van der Waals surface area contributed by atoms with Crippen LogP contribution in [-0.2, 0) is 9.59 Å². The summed E-state index contributed by atoms with van der Waals surface area (Å²) in [6.45, 7) is 2.47. The fourth-order valence-electron chi connectivity index (χ4n) is 1.32. The lowest BCUT2D eigenvalue weighted by molar-refractivity contribution is -0.139. The summed E-state index contributed by atoms with van der Waals surface area (Å²) in [5.41, 5.74) is 4.34. The van der Waals surface area contributed by atoms with Crippen LogP contribution in [-0.4, -0.2) is 35.2 Å². The predicted octanol–water partition coefficient (Wildman–Crippen LogP) is 0.535. The summed E-state index contributed by atoms with van der Waals surface area (Å²) in [6, 6.07) is 5.57. The molecule has 114 valence electrons. The van der Waals surface area contributed by atoms with Crippen LogP contribution in [0, 0.1) is 0 Å². The molecule has 0 atom stereocenters. The van der Waals surface area contributed by atoms with Gasteiger partial charge in [0.1, 0.15) is 11.3 Å². The third kappa shape index (κ3) is 5.39. The summed E-state index contributed by atoms with van der Waals surface area (Å²) in [5.74, 6) is -1.48. The van der Waals surface area contributed by atoms with Crippen LogP contribution in [0.4, 0.5) is 10.5 Å². The number of anilines is 1. The van der Waals surface area contributed by atoms with Crippen LogP contribution in [0.5, 0.6) is 5.75 Å². The van der Waals surface area contributed by atoms with Crippen LogP contribution in [0.1, 0.15) is 13.8 Å². The lowest BCUT2D eigenvalue weighted by Gasteiger charge is -2.22. The number of carbonyl (C=O) groups excluding carboxylic acids is 2. The second-order valence-electron chi connectivity index (χ2n) is 4.78. The van der Waals surface area contributed by atoms with Gasteiger partial charge in [0.05, 0.1) is 0 Å². The molecule has 8 heteroatoms. The van der Waals surface area contributed by atoms with Crippen LogP contribution in [0.15, 0.2) is 24.3 Å². The van der Waals surface area contributed by atoms with E-state index in [4.69, 9.17) is 15.6 Å². The van der Waals surface area contributed by atoms with Gasteiger partial charge in [0.15, 0.2) is 6.61 Å². The Labute approximate surface area is 121 Å². The number of primary amides is 1. The van der Waals surface area contributed by atoms with Crippen LogP contribution >= 0.6 is 0 Å². The number of amides is 3. The molecule has 0 bridgehead atoms. The topological polar surface area (TPSA) is 131 Å². The van der Waals surface area contributed by atoms with Gasteiger partial charge >= 0.3 is 12.0 Å². The number of hydrogen-bond donors (Lipinski definition) is 4. The lowest BCUT2D eigenvalue weighted by Crippen LogP contribution is -2.54. The highest BCUT2D eigenvalue weighted by Crippen LogP contribution is 2.17. The van der Waals surface area contributed by atoms with Crippen molar-refractivity contribution in [2.24, 2.45) is 5.73 Å². The van der Waals surface area contributed by atoms with E-state index in [-0.39, 0.29) is 0 Å². The maximum Gasteiger partial charge on any atom is 0.341 e. The maximum atomic E-state index is 11.7. The predicted molar refractivity (Wildman–Crippen MR) is 75.0 cm³/mol. The third-order valence-electron chi connectivity index (χ3n) is 2.50. The van der Waals surface area contributed by atoms with Crippen LogP contribution in [0.2, 0.25) is 0 Å². The molecular formula is C13H17N3O5. The monoisotopic (exact) mass is 295 g/mol. The van der Waals surface area contributed by atoms with Crippen molar-refractivity contribution in [3.63, 3.8) is 0 Å². The van der Waals surface area contributed by atoms with Crippen LogP contribution in [0.3, 0.4) is 0 Å². The average molecular weight is 295 g/mol. The van der Waals surface area contributed by atoms with Crippen molar-refractivity contribution in [2.75, 3.05) is 11.9 Å². The van der Waals surface area contributed by atoms with Gasteiger partial charge in [-0.15, -0.1) is 0 Å². The van der Waals surface area contributed by atoms with Gasteiger partial charge in [0.25, 0.3) is 0 Å². The first-order valence-electron chi connectivity index (χ1n) is 6.04. The molecule has 21 heavy (non-hydrogen) atoms. The number of aliphatic carboxylic acids is 1. The molecule has 0 aromatic heterocycles. The highest BCUT2D eigenvalue weighted by atomic mass is 16.5. The SMILES string of the molecule is CC(C)(NC(=O)Nc1cccc(OCC(=O)O)c1)C(N)=O. The number of carbonyl (C=O) groups is 3. The zero-order valence-corrected chi connectivity index (χ0v) is 11.7. The van der Waals surface area contributed by atoms with E-state index >= 15 is 0 Å². The lowest BCUT2D eigenvalue weighted by atomic mass is 10.1. The summed E-state index contributed by atoms with van der Waals surface area (Å²) in [4.78, 5) is 33.3. The van der Waals surface area contributed by atoms with E-state index in [1.165, 1.54) is 19.9 Å². The molecule has 1 aromatic carbocycles. The van der Waals surface area contributed by atoms with Gasteiger partial charge in [-0.3, -0.25) is 4.79 Å². The summed E-state index contributed by atoms with van der Waals surface area (Å²) < 4.78 is 4.98. The minimum Gasteiger partial charge on any atom is -0.482 e. The van der Waals surface area contributed by atoms with Crippen molar-refractivity contribution in [3.8, 4) is 5.75 Å². The Morgan fingerprint density at radius 2 is 2.00 bits per heavy atom. The van der Waals surface area contributed by atoms with Gasteiger partial charge in [-0.25, -0.2) is 9.59 Å². The first-order valence-corrected chi connectivity index (χ1v) is 6.04. The standard InChI is InChI=1S/C13H17N3O5/c1-13(2,11(14)19)16-12(20)15-8-4-3-5-9(6-8)21-7-10(17)18/h3-6H,7H2,1-2H3,(H2,14,19)(H,17,18)(H2,15,16,20). The van der Waals surface area contributed by atoms with Crippen molar-refractivity contribution in [2.45, 2.75) is 19.4 Å². The number of rotatable bonds is 6. The molecule has 1 rings (SSSR count). The molecular weight excluding hydrogens is 278 g/mol. The second-order valence-corrected chi connectivity index (χ2v) is 4.78. The van der Waals surface area contributed by atoms with Crippen molar-refractivity contribution >= 4 is 23.6 Å². The maximum absolute atomic E-state index is 11.7. The van der Waals surface area contributed by atoms with E-state index in [1.54, 1.807) is 18.2 Å². The number of nitrogens with one attached hydrogen (secondary N) is 2. The fraction of sp³-hybridized carbons (Fsp3) is 0.308. The molecule has 5 N–H and O–H groups in total. The molecule has 0 saturated carbocycles. The van der Waals surface area contributed by atoms with Gasteiger partial charge < -0.3 is 26.2 Å². The number of ether oxygens (including phenoxy) is 1. The Morgan fingerprint density at radius 3 is 2.57 bits per heavy atom. The Hall–Kier alpha value is -2.77. The van der Waals surface area contributed by atoms with Gasteiger partial charge in [0, 0.05) is 11.8 Å². The summed E-state index contributed by atoms with van der Waals surface area (Å²) in [6.07, 6.45) is 0. The molecule has 0 spiro atoms. The molecule has 0 unspecified atom stereocenters. The fourth-order valence-corrected chi connectivity index (χ4v) is 1.32. The number of nitrogens with two attached hydrogens (primary N) is 1. The molecule has 0 heterocycles. The number of carboxylic acids is 1. The molecule has 0 fully saturated rings. The quantitative estimate of drug-likeness (QED) is 0.608. The molecule has 0 aliphatic rings. The molecule has 0 radical (unpaired) electrons. The minimum absolute atomic E-state index is 0.296. The van der Waals surface area contributed by atoms with E-state index in [1.807, 2.05) is 0 Å². The van der Waals surface area contributed by atoms with E-state index in [2.05, 4.69) is 10.6 Å².